The molecule has 0 aliphatic carbocycles. The second-order valence-corrected chi connectivity index (χ2v) is 4.49. The molecule has 92 valence electrons. The molecular weight excluding hydrogens is 242 g/mol. The van der Waals surface area contributed by atoms with Gasteiger partial charge in [0.15, 0.2) is 5.69 Å². The third kappa shape index (κ3) is 2.52. The predicted octanol–water partition coefficient (Wildman–Crippen LogP) is 0.137. The Labute approximate surface area is 102 Å². The van der Waals surface area contributed by atoms with E-state index in [9.17, 15) is 4.79 Å². The van der Waals surface area contributed by atoms with E-state index in [1.54, 1.807) is 10.3 Å². The van der Waals surface area contributed by atoms with Gasteiger partial charge in [0.25, 0.3) is 5.91 Å². The summed E-state index contributed by atoms with van der Waals surface area (Å²) < 4.78 is 3.67. The number of hydrogen-bond acceptors (Lipinski definition) is 6. The van der Waals surface area contributed by atoms with E-state index in [1.807, 2.05) is 0 Å². The second kappa shape index (κ2) is 5.09. The zero-order chi connectivity index (χ0) is 12.3. The highest BCUT2D eigenvalue weighted by Crippen LogP contribution is 2.18. The molecule has 17 heavy (non-hydrogen) atoms. The number of oxime groups is 1. The topological polar surface area (TPSA) is 105 Å². The molecular formula is C9H13N5O2S. The molecule has 1 fully saturated rings. The molecule has 1 aliphatic heterocycles. The molecule has 7 nitrogen and oxygen atoms in total. The van der Waals surface area contributed by atoms with Gasteiger partial charge in [-0.3, -0.25) is 4.79 Å². The van der Waals surface area contributed by atoms with Gasteiger partial charge in [0.05, 0.1) is 0 Å². The van der Waals surface area contributed by atoms with Crippen LogP contribution in [-0.4, -0.2) is 44.5 Å². The Morgan fingerprint density at radius 1 is 1.59 bits per heavy atom. The highest BCUT2D eigenvalue weighted by atomic mass is 32.1. The smallest absolute Gasteiger partial charge is 0.275 e. The van der Waals surface area contributed by atoms with Crippen molar-refractivity contribution in [3.63, 3.8) is 0 Å². The van der Waals surface area contributed by atoms with Crippen molar-refractivity contribution in [3.8, 4) is 0 Å². The number of piperidine rings is 1. The lowest BCUT2D eigenvalue weighted by Crippen LogP contribution is -2.41. The standard InChI is InChI=1S/C9H13N5O2S/c10-8(12-16)6-1-3-14(4-2-6)9(15)7-5-17-13-11-7/h5-6,16H,1-4H2,(H2,10,12). The Kier molecular flexibility index (Phi) is 3.52. The molecule has 1 aliphatic rings. The van der Waals surface area contributed by atoms with Gasteiger partial charge >= 0.3 is 0 Å². The quantitative estimate of drug-likeness (QED) is 0.338. The Balaban J connectivity index is 1.93. The molecule has 1 amide bonds. The van der Waals surface area contributed by atoms with Gasteiger partial charge < -0.3 is 15.8 Å². The number of aromatic nitrogens is 2. The van der Waals surface area contributed by atoms with E-state index in [0.29, 0.717) is 31.6 Å². The van der Waals surface area contributed by atoms with Crippen molar-refractivity contribution in [1.82, 2.24) is 14.5 Å². The predicted molar refractivity (Wildman–Crippen MR) is 61.9 cm³/mol. The van der Waals surface area contributed by atoms with Gasteiger partial charge in [-0.15, -0.1) is 5.10 Å². The van der Waals surface area contributed by atoms with Crippen molar-refractivity contribution in [2.24, 2.45) is 16.8 Å². The van der Waals surface area contributed by atoms with Crippen LogP contribution in [0.3, 0.4) is 0 Å². The van der Waals surface area contributed by atoms with E-state index in [1.165, 1.54) is 0 Å². The zero-order valence-corrected chi connectivity index (χ0v) is 9.93. The van der Waals surface area contributed by atoms with Gasteiger partial charge in [0.2, 0.25) is 0 Å². The van der Waals surface area contributed by atoms with Crippen LogP contribution >= 0.6 is 11.5 Å². The number of likely N-dealkylation sites (tertiary alicyclic amines) is 1. The van der Waals surface area contributed by atoms with E-state index in [2.05, 4.69) is 14.7 Å². The van der Waals surface area contributed by atoms with Crippen molar-refractivity contribution >= 4 is 23.3 Å². The fourth-order valence-electron chi connectivity index (χ4n) is 1.88. The van der Waals surface area contributed by atoms with E-state index in [4.69, 9.17) is 10.9 Å². The zero-order valence-electron chi connectivity index (χ0n) is 9.11. The summed E-state index contributed by atoms with van der Waals surface area (Å²) in [5, 5.41) is 17.0. The largest absolute Gasteiger partial charge is 0.409 e. The minimum atomic E-state index is -0.100. The van der Waals surface area contributed by atoms with Gasteiger partial charge in [0.1, 0.15) is 5.84 Å². The molecule has 0 radical (unpaired) electrons. The number of amidine groups is 1. The summed E-state index contributed by atoms with van der Waals surface area (Å²) in [5.41, 5.74) is 5.93. The summed E-state index contributed by atoms with van der Waals surface area (Å²) in [5.74, 6) is 0.196. The number of nitrogens with zero attached hydrogens (tertiary/aromatic N) is 4. The highest BCUT2D eigenvalue weighted by molar-refractivity contribution is 7.03. The molecule has 2 heterocycles. The number of carbonyl (C=O) groups excluding carboxylic acids is 1. The first kappa shape index (κ1) is 11.8. The van der Waals surface area contributed by atoms with Gasteiger partial charge in [-0.25, -0.2) is 0 Å². The summed E-state index contributed by atoms with van der Waals surface area (Å²) >= 11 is 1.16. The highest BCUT2D eigenvalue weighted by Gasteiger charge is 2.26. The molecule has 0 atom stereocenters. The SMILES string of the molecule is NC(=NO)C1CCN(C(=O)c2csnn2)CC1. The lowest BCUT2D eigenvalue weighted by Gasteiger charge is -2.30. The van der Waals surface area contributed by atoms with Crippen LogP contribution in [0.25, 0.3) is 0 Å². The molecule has 8 heteroatoms. The molecule has 3 N–H and O–H groups in total. The second-order valence-electron chi connectivity index (χ2n) is 3.88. The Morgan fingerprint density at radius 3 is 2.82 bits per heavy atom. The average molecular weight is 255 g/mol. The molecule has 1 saturated heterocycles. The molecule has 0 bridgehead atoms. The van der Waals surface area contributed by atoms with Crippen LogP contribution in [0.1, 0.15) is 23.3 Å². The number of nitrogens with two attached hydrogens (primary N) is 1. The van der Waals surface area contributed by atoms with Gasteiger partial charge in [-0.1, -0.05) is 9.64 Å². The molecule has 2 rings (SSSR count). The average Bonchev–Trinajstić information content (AvgIpc) is 2.91. The van der Waals surface area contributed by atoms with E-state index in [-0.39, 0.29) is 17.7 Å². The van der Waals surface area contributed by atoms with Crippen LogP contribution in [0, 0.1) is 5.92 Å². The maximum atomic E-state index is 11.9. The number of hydrogen-bond donors (Lipinski definition) is 2. The molecule has 0 spiro atoms. The maximum absolute atomic E-state index is 11.9. The molecule has 0 saturated carbocycles. The fraction of sp³-hybridized carbons (Fsp3) is 0.556. The normalized spacial score (nSPS) is 18.4. The van der Waals surface area contributed by atoms with Crippen LogP contribution in [-0.2, 0) is 0 Å². The Hall–Kier alpha value is -1.70. The summed E-state index contributed by atoms with van der Waals surface area (Å²) in [6.45, 7) is 1.19. The number of carbonyl (C=O) groups is 1. The van der Waals surface area contributed by atoms with E-state index in [0.717, 1.165) is 11.5 Å². The molecule has 0 aromatic carbocycles. The van der Waals surface area contributed by atoms with Crippen molar-refractivity contribution < 1.29 is 10.0 Å². The maximum Gasteiger partial charge on any atom is 0.275 e. The lowest BCUT2D eigenvalue weighted by atomic mass is 9.96. The van der Waals surface area contributed by atoms with E-state index < -0.39 is 0 Å². The first-order valence-electron chi connectivity index (χ1n) is 5.26. The third-order valence-corrected chi connectivity index (χ3v) is 3.40. The minimum absolute atomic E-state index is 0.0533. The van der Waals surface area contributed by atoms with Crippen LogP contribution in [0.5, 0.6) is 0 Å². The minimum Gasteiger partial charge on any atom is -0.409 e. The monoisotopic (exact) mass is 255 g/mol. The first-order valence-corrected chi connectivity index (χ1v) is 6.09. The summed E-state index contributed by atoms with van der Waals surface area (Å²) in [4.78, 5) is 13.6. The molecule has 1 aromatic heterocycles. The summed E-state index contributed by atoms with van der Waals surface area (Å²) in [6, 6.07) is 0. The van der Waals surface area contributed by atoms with E-state index >= 15 is 0 Å². The van der Waals surface area contributed by atoms with Gasteiger partial charge in [0, 0.05) is 24.4 Å². The Bertz CT molecular complexity index is 411. The van der Waals surface area contributed by atoms with Crippen molar-refractivity contribution in [3.05, 3.63) is 11.1 Å². The molecule has 1 aromatic rings. The van der Waals surface area contributed by atoms with Crippen LogP contribution in [0.2, 0.25) is 0 Å². The molecule has 0 unspecified atom stereocenters. The van der Waals surface area contributed by atoms with Crippen molar-refractivity contribution in [2.45, 2.75) is 12.8 Å². The first-order chi connectivity index (χ1) is 8.22. The number of amides is 1. The van der Waals surface area contributed by atoms with Crippen LogP contribution < -0.4 is 5.73 Å². The lowest BCUT2D eigenvalue weighted by molar-refractivity contribution is 0.0703. The third-order valence-electron chi connectivity index (χ3n) is 2.90. The van der Waals surface area contributed by atoms with Crippen LogP contribution in [0.15, 0.2) is 10.5 Å². The van der Waals surface area contributed by atoms with Crippen LogP contribution in [0.4, 0.5) is 0 Å². The summed E-state index contributed by atoms with van der Waals surface area (Å²) in [7, 11) is 0. The summed E-state index contributed by atoms with van der Waals surface area (Å²) in [6.07, 6.45) is 1.42. The van der Waals surface area contributed by atoms with Crippen molar-refractivity contribution in [2.75, 3.05) is 13.1 Å². The number of rotatable bonds is 2. The van der Waals surface area contributed by atoms with Crippen molar-refractivity contribution in [1.29, 1.82) is 0 Å². The van der Waals surface area contributed by atoms with Gasteiger partial charge in [-0.2, -0.15) is 0 Å². The fourth-order valence-corrected chi connectivity index (χ4v) is 2.31. The Morgan fingerprint density at radius 2 is 2.29 bits per heavy atom. The van der Waals surface area contributed by atoms with Gasteiger partial charge in [-0.05, 0) is 24.4 Å².